The van der Waals surface area contributed by atoms with Gasteiger partial charge in [0.15, 0.2) is 0 Å². The first-order valence-electron chi connectivity index (χ1n) is 11.6. The minimum atomic E-state index is -1.52. The average molecular weight is 459 g/mol. The molecule has 0 heterocycles. The van der Waals surface area contributed by atoms with Crippen LogP contribution in [0.5, 0.6) is 0 Å². The molecule has 4 rings (SSSR count). The Balaban J connectivity index is 1.44. The van der Waals surface area contributed by atoms with E-state index in [-0.39, 0.29) is 5.91 Å². The Labute approximate surface area is 200 Å². The highest BCUT2D eigenvalue weighted by molar-refractivity contribution is 8.00. The van der Waals surface area contributed by atoms with Crippen LogP contribution in [0.3, 0.4) is 0 Å². The van der Waals surface area contributed by atoms with Gasteiger partial charge in [0.25, 0.3) is 0 Å². The van der Waals surface area contributed by atoms with Crippen molar-refractivity contribution in [3.63, 3.8) is 0 Å². The smallest absolute Gasteiger partial charge is 0.423 e. The van der Waals surface area contributed by atoms with Crippen LogP contribution in [0.2, 0.25) is 0 Å². The van der Waals surface area contributed by atoms with Gasteiger partial charge in [-0.1, -0.05) is 86.0 Å². The number of benzene rings is 3. The quantitative estimate of drug-likeness (QED) is 0.341. The van der Waals surface area contributed by atoms with E-state index >= 15 is 0 Å². The van der Waals surface area contributed by atoms with E-state index < -0.39 is 12.4 Å². The second-order valence-electron chi connectivity index (χ2n) is 8.65. The molecule has 0 aliphatic heterocycles. The molecule has 0 spiro atoms. The predicted molar refractivity (Wildman–Crippen MR) is 135 cm³/mol. The summed E-state index contributed by atoms with van der Waals surface area (Å²) in [6.07, 6.45) is 6.55. The molecule has 1 amide bonds. The molecule has 1 aliphatic rings. The van der Waals surface area contributed by atoms with Gasteiger partial charge in [0.1, 0.15) is 5.25 Å². The second kappa shape index (κ2) is 11.5. The van der Waals surface area contributed by atoms with E-state index in [1.54, 1.807) is 24.3 Å². The Bertz CT molecular complexity index is 1020. The maximum Gasteiger partial charge on any atom is 0.488 e. The SMILES string of the molecule is O=C(NCc1ccc(C2CCCCC2)cc1)C(Sc1ccccc1)c1ccc(B(O)O)cc1. The molecule has 33 heavy (non-hydrogen) atoms. The molecular formula is C27H30BNO3S. The molecule has 1 fully saturated rings. The fourth-order valence-corrected chi connectivity index (χ4v) is 5.45. The molecule has 170 valence electrons. The van der Waals surface area contributed by atoms with Gasteiger partial charge >= 0.3 is 7.12 Å². The Morgan fingerprint density at radius 2 is 1.58 bits per heavy atom. The number of carbonyl (C=O) groups is 1. The zero-order chi connectivity index (χ0) is 23.0. The predicted octanol–water partition coefficient (Wildman–Crippen LogP) is 4.56. The molecule has 3 aromatic carbocycles. The van der Waals surface area contributed by atoms with E-state index in [9.17, 15) is 14.8 Å². The van der Waals surface area contributed by atoms with Crippen LogP contribution in [-0.4, -0.2) is 23.1 Å². The maximum absolute atomic E-state index is 13.2. The van der Waals surface area contributed by atoms with Crippen LogP contribution < -0.4 is 10.8 Å². The topological polar surface area (TPSA) is 69.6 Å². The molecule has 4 nitrogen and oxygen atoms in total. The van der Waals surface area contributed by atoms with Crippen LogP contribution in [0.4, 0.5) is 0 Å². The number of carbonyl (C=O) groups excluding carboxylic acids is 1. The van der Waals surface area contributed by atoms with Gasteiger partial charge in [-0.05, 0) is 53.0 Å². The first-order chi connectivity index (χ1) is 16.1. The third-order valence-electron chi connectivity index (χ3n) is 6.30. The number of hydrogen-bond acceptors (Lipinski definition) is 4. The molecule has 0 radical (unpaired) electrons. The van der Waals surface area contributed by atoms with Gasteiger partial charge in [-0.15, -0.1) is 11.8 Å². The van der Waals surface area contributed by atoms with Crippen molar-refractivity contribution >= 4 is 30.3 Å². The van der Waals surface area contributed by atoms with Crippen LogP contribution in [0.1, 0.15) is 60.0 Å². The highest BCUT2D eigenvalue weighted by Gasteiger charge is 2.23. The van der Waals surface area contributed by atoms with Crippen molar-refractivity contribution in [1.82, 2.24) is 5.32 Å². The lowest BCUT2D eigenvalue weighted by Gasteiger charge is -2.22. The minimum Gasteiger partial charge on any atom is -0.423 e. The first kappa shape index (κ1) is 23.6. The van der Waals surface area contributed by atoms with Gasteiger partial charge in [0.2, 0.25) is 5.91 Å². The van der Waals surface area contributed by atoms with E-state index in [1.165, 1.54) is 49.4 Å². The van der Waals surface area contributed by atoms with Crippen molar-refractivity contribution < 1.29 is 14.8 Å². The molecule has 1 atom stereocenters. The van der Waals surface area contributed by atoms with E-state index in [0.29, 0.717) is 17.9 Å². The standard InChI is InChI=1S/C27H30BNO3S/c30-27(29-19-20-11-13-22(14-12-20)21-7-3-1-4-8-21)26(33-25-9-5-2-6-10-25)23-15-17-24(18-16-23)28(31)32/h2,5-6,9-18,21,26,31-32H,1,3-4,7-8,19H2,(H,29,30). The summed E-state index contributed by atoms with van der Waals surface area (Å²) in [4.78, 5) is 14.2. The van der Waals surface area contributed by atoms with Crippen molar-refractivity contribution in [2.24, 2.45) is 0 Å². The molecule has 3 aromatic rings. The van der Waals surface area contributed by atoms with Gasteiger partial charge in [0, 0.05) is 11.4 Å². The lowest BCUT2D eigenvalue weighted by molar-refractivity contribution is -0.120. The van der Waals surface area contributed by atoms with E-state index in [4.69, 9.17) is 0 Å². The van der Waals surface area contributed by atoms with Crippen molar-refractivity contribution in [2.75, 3.05) is 0 Å². The summed E-state index contributed by atoms with van der Waals surface area (Å²) in [6.45, 7) is 0.475. The molecule has 0 aromatic heterocycles. The Hall–Kier alpha value is -2.54. The zero-order valence-corrected chi connectivity index (χ0v) is 19.5. The van der Waals surface area contributed by atoms with Crippen molar-refractivity contribution in [3.8, 4) is 0 Å². The monoisotopic (exact) mass is 459 g/mol. The van der Waals surface area contributed by atoms with Crippen molar-refractivity contribution in [2.45, 2.75) is 54.7 Å². The third kappa shape index (κ3) is 6.50. The van der Waals surface area contributed by atoms with Crippen LogP contribution in [-0.2, 0) is 11.3 Å². The Morgan fingerprint density at radius 1 is 0.909 bits per heavy atom. The Kier molecular flexibility index (Phi) is 8.27. The summed E-state index contributed by atoms with van der Waals surface area (Å²) < 4.78 is 0. The highest BCUT2D eigenvalue weighted by Crippen LogP contribution is 2.35. The zero-order valence-electron chi connectivity index (χ0n) is 18.7. The summed E-state index contributed by atoms with van der Waals surface area (Å²) in [5.74, 6) is 0.604. The summed E-state index contributed by atoms with van der Waals surface area (Å²) >= 11 is 1.48. The molecule has 1 saturated carbocycles. The van der Waals surface area contributed by atoms with Gasteiger partial charge in [-0.3, -0.25) is 4.79 Å². The maximum atomic E-state index is 13.2. The fraction of sp³-hybridized carbons (Fsp3) is 0.296. The lowest BCUT2D eigenvalue weighted by Crippen LogP contribution is -2.30. The average Bonchev–Trinajstić information content (AvgIpc) is 2.87. The van der Waals surface area contributed by atoms with Crippen LogP contribution in [0, 0.1) is 0 Å². The van der Waals surface area contributed by atoms with Crippen LogP contribution in [0.25, 0.3) is 0 Å². The highest BCUT2D eigenvalue weighted by atomic mass is 32.2. The fourth-order valence-electron chi connectivity index (χ4n) is 4.38. The third-order valence-corrected chi connectivity index (χ3v) is 7.56. The molecule has 1 aliphatic carbocycles. The van der Waals surface area contributed by atoms with Crippen LogP contribution >= 0.6 is 11.8 Å². The van der Waals surface area contributed by atoms with E-state index in [2.05, 4.69) is 29.6 Å². The molecule has 0 bridgehead atoms. The molecule has 6 heteroatoms. The van der Waals surface area contributed by atoms with Crippen molar-refractivity contribution in [3.05, 3.63) is 95.6 Å². The van der Waals surface area contributed by atoms with Crippen LogP contribution in [0.15, 0.2) is 83.8 Å². The largest absolute Gasteiger partial charge is 0.488 e. The van der Waals surface area contributed by atoms with Gasteiger partial charge in [0.05, 0.1) is 0 Å². The molecule has 3 N–H and O–H groups in total. The van der Waals surface area contributed by atoms with Gasteiger partial charge < -0.3 is 15.4 Å². The summed E-state index contributed by atoms with van der Waals surface area (Å²) in [6, 6.07) is 25.4. The minimum absolute atomic E-state index is 0.0718. The number of amides is 1. The lowest BCUT2D eigenvalue weighted by atomic mass is 9.80. The van der Waals surface area contributed by atoms with Gasteiger partial charge in [-0.25, -0.2) is 0 Å². The summed E-state index contributed by atoms with van der Waals surface area (Å²) in [5, 5.41) is 21.4. The number of rotatable bonds is 8. The van der Waals surface area contributed by atoms with Gasteiger partial charge in [-0.2, -0.15) is 0 Å². The summed E-state index contributed by atoms with van der Waals surface area (Å²) in [5.41, 5.74) is 3.72. The second-order valence-corrected chi connectivity index (χ2v) is 9.82. The normalized spacial score (nSPS) is 15.1. The van der Waals surface area contributed by atoms with Crippen molar-refractivity contribution in [1.29, 1.82) is 0 Å². The molecule has 1 unspecified atom stereocenters. The first-order valence-corrected chi connectivity index (χ1v) is 12.5. The number of hydrogen-bond donors (Lipinski definition) is 3. The Morgan fingerprint density at radius 3 is 2.21 bits per heavy atom. The van der Waals surface area contributed by atoms with E-state index in [0.717, 1.165) is 16.0 Å². The summed E-state index contributed by atoms with van der Waals surface area (Å²) in [7, 11) is -1.52. The molecular weight excluding hydrogens is 429 g/mol. The molecule has 0 saturated heterocycles. The van der Waals surface area contributed by atoms with E-state index in [1.807, 2.05) is 30.3 Å². The number of thioether (sulfide) groups is 1. The number of nitrogens with one attached hydrogen (secondary N) is 1.